The number of methoxy groups -OCH3 is 1. The van der Waals surface area contributed by atoms with Gasteiger partial charge in [-0.25, -0.2) is 4.99 Å². The lowest BCUT2D eigenvalue weighted by Gasteiger charge is -2.32. The molecule has 7 heteroatoms. The van der Waals surface area contributed by atoms with Crippen molar-refractivity contribution in [3.05, 3.63) is 29.8 Å². The first-order valence-electron chi connectivity index (χ1n) is 9.28. The lowest BCUT2D eigenvalue weighted by atomic mass is 10.2. The normalized spacial score (nSPS) is 21.4. The molecule has 26 heavy (non-hydrogen) atoms. The van der Waals surface area contributed by atoms with E-state index in [1.807, 2.05) is 18.2 Å². The van der Waals surface area contributed by atoms with E-state index in [-0.39, 0.29) is 24.0 Å². The number of ether oxygens (including phenoxy) is 2. The van der Waals surface area contributed by atoms with Gasteiger partial charge in [-0.15, -0.1) is 24.0 Å². The van der Waals surface area contributed by atoms with Crippen molar-refractivity contribution in [3.8, 4) is 5.75 Å². The summed E-state index contributed by atoms with van der Waals surface area (Å²) in [6.45, 7) is 9.60. The van der Waals surface area contributed by atoms with Gasteiger partial charge >= 0.3 is 0 Å². The van der Waals surface area contributed by atoms with E-state index in [4.69, 9.17) is 14.5 Å². The average Bonchev–Trinajstić information content (AvgIpc) is 3.16. The highest BCUT2D eigenvalue weighted by molar-refractivity contribution is 14.0. The van der Waals surface area contributed by atoms with E-state index >= 15 is 0 Å². The third-order valence-corrected chi connectivity index (χ3v) is 4.91. The first kappa shape index (κ1) is 21.2. The third-order valence-electron chi connectivity index (χ3n) is 4.91. The Morgan fingerprint density at radius 1 is 1.31 bits per heavy atom. The van der Waals surface area contributed by atoms with E-state index in [0.717, 1.165) is 57.6 Å². The van der Waals surface area contributed by atoms with Crippen molar-refractivity contribution in [1.82, 2.24) is 15.1 Å². The van der Waals surface area contributed by atoms with Gasteiger partial charge in [0.15, 0.2) is 5.96 Å². The average molecular weight is 474 g/mol. The summed E-state index contributed by atoms with van der Waals surface area (Å²) < 4.78 is 10.8. The van der Waals surface area contributed by atoms with Gasteiger partial charge in [0.05, 0.1) is 26.9 Å². The molecule has 2 aliphatic rings. The topological polar surface area (TPSA) is 49.3 Å². The highest BCUT2D eigenvalue weighted by Crippen LogP contribution is 2.18. The summed E-state index contributed by atoms with van der Waals surface area (Å²) in [4.78, 5) is 9.81. The first-order valence-corrected chi connectivity index (χ1v) is 9.28. The predicted octanol–water partition coefficient (Wildman–Crippen LogP) is 2.19. The van der Waals surface area contributed by atoms with Crippen LogP contribution in [0.1, 0.15) is 18.9 Å². The number of nitrogens with zero attached hydrogens (tertiary/aromatic N) is 3. The van der Waals surface area contributed by atoms with Gasteiger partial charge in [0.1, 0.15) is 5.75 Å². The van der Waals surface area contributed by atoms with Gasteiger partial charge in [0, 0.05) is 38.8 Å². The Hall–Kier alpha value is -1.06. The second-order valence-corrected chi connectivity index (χ2v) is 6.56. The van der Waals surface area contributed by atoms with E-state index < -0.39 is 0 Å². The van der Waals surface area contributed by atoms with Crippen LogP contribution in [-0.2, 0) is 11.3 Å². The van der Waals surface area contributed by atoms with Crippen molar-refractivity contribution >= 4 is 29.9 Å². The van der Waals surface area contributed by atoms with Crippen LogP contribution in [0.15, 0.2) is 29.3 Å². The molecule has 0 aliphatic carbocycles. The number of hydrogen-bond donors (Lipinski definition) is 1. The van der Waals surface area contributed by atoms with Gasteiger partial charge in [0.25, 0.3) is 0 Å². The largest absolute Gasteiger partial charge is 0.497 e. The Balaban J connectivity index is 0.00000243. The van der Waals surface area contributed by atoms with E-state index in [2.05, 4.69) is 28.1 Å². The number of rotatable bonds is 5. The summed E-state index contributed by atoms with van der Waals surface area (Å²) in [5, 5.41) is 3.45. The van der Waals surface area contributed by atoms with Crippen LogP contribution in [-0.4, -0.2) is 74.8 Å². The van der Waals surface area contributed by atoms with Crippen molar-refractivity contribution in [3.63, 3.8) is 0 Å². The van der Waals surface area contributed by atoms with Crippen LogP contribution in [0.4, 0.5) is 0 Å². The molecule has 0 radical (unpaired) electrons. The predicted molar refractivity (Wildman–Crippen MR) is 116 cm³/mol. The number of halogens is 1. The second-order valence-electron chi connectivity index (χ2n) is 6.56. The van der Waals surface area contributed by atoms with Crippen LogP contribution in [0, 0.1) is 0 Å². The molecular weight excluding hydrogens is 443 g/mol. The summed E-state index contributed by atoms with van der Waals surface area (Å²) >= 11 is 0. The Morgan fingerprint density at radius 3 is 2.85 bits per heavy atom. The Kier molecular flexibility index (Phi) is 8.94. The van der Waals surface area contributed by atoms with Crippen molar-refractivity contribution < 1.29 is 9.47 Å². The maximum Gasteiger partial charge on any atom is 0.194 e. The lowest BCUT2D eigenvalue weighted by molar-refractivity contribution is 0.0195. The summed E-state index contributed by atoms with van der Waals surface area (Å²) in [5.74, 6) is 1.90. The standard InChI is InChI=1S/C19H30N4O2.HI/c1-3-20-19(21-14-16-5-4-6-18(13-16)24-2)23-8-7-17(15-23)22-9-11-25-12-10-22;/h4-6,13,17H,3,7-12,14-15H2,1-2H3,(H,20,21);1H. The van der Waals surface area contributed by atoms with E-state index in [1.54, 1.807) is 7.11 Å². The molecule has 2 fully saturated rings. The highest BCUT2D eigenvalue weighted by Gasteiger charge is 2.30. The molecule has 3 rings (SSSR count). The molecule has 1 unspecified atom stereocenters. The van der Waals surface area contributed by atoms with Crippen LogP contribution in [0.5, 0.6) is 5.75 Å². The summed E-state index contributed by atoms with van der Waals surface area (Å²) in [6, 6.07) is 8.74. The zero-order valence-electron chi connectivity index (χ0n) is 15.8. The van der Waals surface area contributed by atoms with Crippen LogP contribution in [0.25, 0.3) is 0 Å². The monoisotopic (exact) mass is 474 g/mol. The van der Waals surface area contributed by atoms with E-state index in [1.165, 1.54) is 12.0 Å². The summed E-state index contributed by atoms with van der Waals surface area (Å²) in [7, 11) is 1.70. The fraction of sp³-hybridized carbons (Fsp3) is 0.632. The molecule has 146 valence electrons. The number of aliphatic imine (C=N–C) groups is 1. The van der Waals surface area contributed by atoms with E-state index in [0.29, 0.717) is 12.6 Å². The van der Waals surface area contributed by atoms with Crippen molar-refractivity contribution in [2.24, 2.45) is 4.99 Å². The Labute approximate surface area is 173 Å². The quantitative estimate of drug-likeness (QED) is 0.403. The molecule has 0 saturated carbocycles. The van der Waals surface area contributed by atoms with Gasteiger partial charge in [-0.2, -0.15) is 0 Å². The zero-order valence-corrected chi connectivity index (χ0v) is 18.1. The van der Waals surface area contributed by atoms with Gasteiger partial charge in [0.2, 0.25) is 0 Å². The van der Waals surface area contributed by atoms with Crippen LogP contribution < -0.4 is 10.1 Å². The Bertz CT molecular complexity index is 578. The molecule has 0 amide bonds. The molecule has 0 aromatic heterocycles. The third kappa shape index (κ3) is 5.72. The molecule has 2 aliphatic heterocycles. The van der Waals surface area contributed by atoms with Crippen molar-refractivity contribution in [1.29, 1.82) is 0 Å². The molecule has 1 aromatic rings. The molecular formula is C19H31IN4O2. The lowest BCUT2D eigenvalue weighted by Crippen LogP contribution is -2.46. The van der Waals surface area contributed by atoms with Crippen LogP contribution in [0.3, 0.4) is 0 Å². The number of benzene rings is 1. The van der Waals surface area contributed by atoms with Crippen LogP contribution >= 0.6 is 24.0 Å². The maximum absolute atomic E-state index is 5.48. The smallest absolute Gasteiger partial charge is 0.194 e. The zero-order chi connectivity index (χ0) is 17.5. The SMILES string of the molecule is CCNC(=NCc1cccc(OC)c1)N1CCC(N2CCOCC2)C1.I. The first-order chi connectivity index (χ1) is 12.3. The van der Waals surface area contributed by atoms with Gasteiger partial charge in [-0.1, -0.05) is 12.1 Å². The maximum atomic E-state index is 5.48. The fourth-order valence-electron chi connectivity index (χ4n) is 3.54. The van der Waals surface area contributed by atoms with Crippen LogP contribution in [0.2, 0.25) is 0 Å². The minimum absolute atomic E-state index is 0. The van der Waals surface area contributed by atoms with Crippen molar-refractivity contribution in [2.45, 2.75) is 25.9 Å². The minimum atomic E-state index is 0. The molecule has 0 spiro atoms. The number of morpholine rings is 1. The molecule has 1 N–H and O–H groups in total. The van der Waals surface area contributed by atoms with Gasteiger partial charge < -0.3 is 19.7 Å². The number of nitrogens with one attached hydrogen (secondary N) is 1. The molecule has 1 atom stereocenters. The van der Waals surface area contributed by atoms with Crippen molar-refractivity contribution in [2.75, 3.05) is 53.0 Å². The summed E-state index contributed by atoms with van der Waals surface area (Å²) in [5.41, 5.74) is 1.17. The molecule has 1 aromatic carbocycles. The summed E-state index contributed by atoms with van der Waals surface area (Å²) in [6.07, 6.45) is 1.20. The molecule has 0 bridgehead atoms. The van der Waals surface area contributed by atoms with E-state index in [9.17, 15) is 0 Å². The molecule has 2 saturated heterocycles. The highest BCUT2D eigenvalue weighted by atomic mass is 127. The Morgan fingerprint density at radius 2 is 2.12 bits per heavy atom. The number of guanidine groups is 1. The number of likely N-dealkylation sites (tertiary alicyclic amines) is 1. The fourth-order valence-corrected chi connectivity index (χ4v) is 3.54. The number of hydrogen-bond acceptors (Lipinski definition) is 4. The van der Waals surface area contributed by atoms with Gasteiger partial charge in [-0.05, 0) is 31.0 Å². The molecule has 6 nitrogen and oxygen atoms in total. The minimum Gasteiger partial charge on any atom is -0.497 e. The second kappa shape index (κ2) is 10.9. The van der Waals surface area contributed by atoms with Gasteiger partial charge in [-0.3, -0.25) is 4.90 Å². The molecule has 2 heterocycles.